The Kier molecular flexibility index (Phi) is 6.48. The van der Waals surface area contributed by atoms with Crippen LogP contribution in [0.2, 0.25) is 5.02 Å². The van der Waals surface area contributed by atoms with Gasteiger partial charge in [-0.2, -0.15) is 5.10 Å². The molecule has 1 N–H and O–H groups in total. The number of nitrogens with zero attached hydrogens (tertiary/aromatic N) is 7. The summed E-state index contributed by atoms with van der Waals surface area (Å²) in [6.07, 6.45) is 5.32. The first-order chi connectivity index (χ1) is 17.3. The van der Waals surface area contributed by atoms with Crippen LogP contribution in [0.15, 0.2) is 24.8 Å². The maximum absolute atomic E-state index is 12.1. The summed E-state index contributed by atoms with van der Waals surface area (Å²) in [6.45, 7) is 7.83. The van der Waals surface area contributed by atoms with E-state index < -0.39 is 0 Å². The van der Waals surface area contributed by atoms with Crippen LogP contribution < -0.4 is 9.64 Å². The first kappa shape index (κ1) is 24.3. The fraction of sp³-hybridized carbons (Fsp3) is 0.440. The van der Waals surface area contributed by atoms with Crippen molar-refractivity contribution in [2.75, 3.05) is 58.8 Å². The standard InChI is InChI=1S/C25H31ClN8O2/c1-15(2)20-21-17(30-23(20)16-10-18(36-5)24-28-14-29-34(24)12-16)11-27-25(22(21)26)33-8-6-32(7-9-33)13-19(35)31(3)4/h10-12,14-15,30H,6-9,13H2,1-5H3. The quantitative estimate of drug-likeness (QED) is 0.425. The van der Waals surface area contributed by atoms with Crippen molar-refractivity contribution in [3.63, 3.8) is 0 Å². The molecule has 11 heteroatoms. The van der Waals surface area contributed by atoms with Crippen LogP contribution >= 0.6 is 11.6 Å². The highest BCUT2D eigenvalue weighted by Crippen LogP contribution is 2.42. The molecule has 1 fully saturated rings. The minimum atomic E-state index is 0.114. The van der Waals surface area contributed by atoms with Crippen LogP contribution in [0.5, 0.6) is 5.75 Å². The number of likely N-dealkylation sites (N-methyl/N-ethyl adjacent to an activating group) is 1. The van der Waals surface area contributed by atoms with Gasteiger partial charge in [-0.3, -0.25) is 9.69 Å². The Bertz CT molecular complexity index is 1420. The van der Waals surface area contributed by atoms with E-state index >= 15 is 0 Å². The second-order valence-electron chi connectivity index (χ2n) is 9.63. The number of rotatable bonds is 6. The van der Waals surface area contributed by atoms with E-state index in [0.717, 1.165) is 59.7 Å². The maximum Gasteiger partial charge on any atom is 0.236 e. The lowest BCUT2D eigenvalue weighted by Crippen LogP contribution is -2.49. The van der Waals surface area contributed by atoms with Crippen molar-refractivity contribution in [3.05, 3.63) is 35.4 Å². The van der Waals surface area contributed by atoms with Gasteiger partial charge in [0.25, 0.3) is 0 Å². The first-order valence-corrected chi connectivity index (χ1v) is 12.4. The molecule has 0 radical (unpaired) electrons. The number of pyridine rings is 2. The van der Waals surface area contributed by atoms with Gasteiger partial charge >= 0.3 is 0 Å². The summed E-state index contributed by atoms with van der Waals surface area (Å²) in [4.78, 5) is 30.7. The van der Waals surface area contributed by atoms with Crippen LogP contribution in [0.1, 0.15) is 25.3 Å². The van der Waals surface area contributed by atoms with E-state index in [9.17, 15) is 4.79 Å². The Balaban J connectivity index is 1.51. The molecule has 1 saturated heterocycles. The Hall–Kier alpha value is -3.37. The van der Waals surface area contributed by atoms with Gasteiger partial charge in [-0.15, -0.1) is 0 Å². The van der Waals surface area contributed by atoms with Crippen molar-refractivity contribution < 1.29 is 9.53 Å². The second-order valence-corrected chi connectivity index (χ2v) is 10.0. The zero-order valence-electron chi connectivity index (χ0n) is 21.2. The Morgan fingerprint density at radius 3 is 2.64 bits per heavy atom. The van der Waals surface area contributed by atoms with Crippen molar-refractivity contribution in [1.29, 1.82) is 0 Å². The number of hydrogen-bond donors (Lipinski definition) is 1. The number of amides is 1. The Labute approximate surface area is 214 Å². The lowest BCUT2D eigenvalue weighted by molar-refractivity contribution is -0.129. The minimum Gasteiger partial charge on any atom is -0.493 e. The molecule has 0 aromatic carbocycles. The third-order valence-corrected chi connectivity index (χ3v) is 7.11. The van der Waals surface area contributed by atoms with E-state index in [2.05, 4.69) is 38.7 Å². The summed E-state index contributed by atoms with van der Waals surface area (Å²) < 4.78 is 7.30. The van der Waals surface area contributed by atoms with Gasteiger partial charge in [0.1, 0.15) is 12.1 Å². The van der Waals surface area contributed by atoms with Crippen LogP contribution in [0.25, 0.3) is 27.8 Å². The fourth-order valence-electron chi connectivity index (χ4n) is 4.82. The van der Waals surface area contributed by atoms with Crippen molar-refractivity contribution >= 4 is 39.9 Å². The summed E-state index contributed by atoms with van der Waals surface area (Å²) in [5.74, 6) is 1.74. The molecule has 5 rings (SSSR count). The number of hydrogen-bond acceptors (Lipinski definition) is 7. The van der Waals surface area contributed by atoms with Gasteiger partial charge in [-0.05, 0) is 17.5 Å². The van der Waals surface area contributed by atoms with Crippen LogP contribution in [-0.2, 0) is 4.79 Å². The third-order valence-electron chi connectivity index (χ3n) is 6.76. The summed E-state index contributed by atoms with van der Waals surface area (Å²) in [5, 5.41) is 5.93. The number of aromatic amines is 1. The molecule has 5 heterocycles. The van der Waals surface area contributed by atoms with Gasteiger partial charge in [0.15, 0.2) is 11.4 Å². The molecule has 1 aliphatic heterocycles. The van der Waals surface area contributed by atoms with Gasteiger partial charge in [0, 0.05) is 57.4 Å². The largest absolute Gasteiger partial charge is 0.493 e. The third kappa shape index (κ3) is 4.24. The second kappa shape index (κ2) is 9.59. The highest BCUT2D eigenvalue weighted by Gasteiger charge is 2.26. The molecular formula is C25H31ClN8O2. The molecular weight excluding hydrogens is 480 g/mol. The van der Waals surface area contributed by atoms with Crippen LogP contribution in [0.3, 0.4) is 0 Å². The number of anilines is 1. The lowest BCUT2D eigenvalue weighted by Gasteiger charge is -2.35. The smallest absolute Gasteiger partial charge is 0.236 e. The predicted octanol–water partition coefficient (Wildman–Crippen LogP) is 3.27. The molecule has 190 valence electrons. The van der Waals surface area contributed by atoms with E-state index in [-0.39, 0.29) is 11.8 Å². The zero-order chi connectivity index (χ0) is 25.6. The van der Waals surface area contributed by atoms with Gasteiger partial charge in [0.2, 0.25) is 5.91 Å². The zero-order valence-corrected chi connectivity index (χ0v) is 22.0. The molecule has 0 aliphatic carbocycles. The molecule has 0 spiro atoms. The SMILES string of the molecule is COc1cc(-c2[nH]c3cnc(N4CCN(CC(=O)N(C)C)CC4)c(Cl)c3c2C(C)C)cn2ncnc12. The van der Waals surface area contributed by atoms with E-state index in [1.54, 1.807) is 30.6 Å². The van der Waals surface area contributed by atoms with Crippen LogP contribution in [0.4, 0.5) is 5.82 Å². The van der Waals surface area contributed by atoms with Gasteiger partial charge in [-0.1, -0.05) is 25.4 Å². The minimum absolute atomic E-state index is 0.114. The number of carbonyl (C=O) groups is 1. The van der Waals surface area contributed by atoms with Crippen molar-refractivity contribution in [2.24, 2.45) is 0 Å². The van der Waals surface area contributed by atoms with Gasteiger partial charge in [-0.25, -0.2) is 14.5 Å². The summed E-state index contributed by atoms with van der Waals surface area (Å²) in [6, 6.07) is 1.97. The molecule has 0 unspecified atom stereocenters. The molecule has 4 aromatic rings. The predicted molar refractivity (Wildman–Crippen MR) is 141 cm³/mol. The fourth-order valence-corrected chi connectivity index (χ4v) is 5.19. The number of halogens is 1. The average Bonchev–Trinajstić information content (AvgIpc) is 3.49. The lowest BCUT2D eigenvalue weighted by atomic mass is 9.97. The van der Waals surface area contributed by atoms with Crippen LogP contribution in [0, 0.1) is 0 Å². The molecule has 1 aliphatic rings. The summed E-state index contributed by atoms with van der Waals surface area (Å²) in [7, 11) is 5.20. The monoisotopic (exact) mass is 510 g/mol. The highest BCUT2D eigenvalue weighted by molar-refractivity contribution is 6.38. The van der Waals surface area contributed by atoms with Crippen molar-refractivity contribution in [2.45, 2.75) is 19.8 Å². The maximum atomic E-state index is 12.1. The number of H-pyrrole nitrogens is 1. The Morgan fingerprint density at radius 1 is 1.22 bits per heavy atom. The van der Waals surface area contributed by atoms with Gasteiger partial charge in [0.05, 0.1) is 36.1 Å². The number of methoxy groups -OCH3 is 1. The average molecular weight is 511 g/mol. The number of ether oxygens (including phenoxy) is 1. The van der Waals surface area contributed by atoms with E-state index in [4.69, 9.17) is 21.3 Å². The number of fused-ring (bicyclic) bond motifs is 2. The van der Waals surface area contributed by atoms with Crippen LogP contribution in [-0.4, -0.2) is 94.2 Å². The highest BCUT2D eigenvalue weighted by atomic mass is 35.5. The summed E-state index contributed by atoms with van der Waals surface area (Å²) in [5.41, 5.74) is 4.56. The number of nitrogens with one attached hydrogen (secondary N) is 1. The van der Waals surface area contributed by atoms with E-state index in [1.165, 1.54) is 6.33 Å². The van der Waals surface area contributed by atoms with Gasteiger partial charge < -0.3 is 19.5 Å². The molecule has 4 aromatic heterocycles. The van der Waals surface area contributed by atoms with E-state index in [0.29, 0.717) is 23.0 Å². The summed E-state index contributed by atoms with van der Waals surface area (Å²) >= 11 is 7.07. The number of aromatic nitrogens is 5. The normalized spacial score (nSPS) is 14.8. The van der Waals surface area contributed by atoms with E-state index in [1.807, 2.05) is 18.5 Å². The van der Waals surface area contributed by atoms with Crippen molar-refractivity contribution in [1.82, 2.24) is 34.4 Å². The molecule has 0 bridgehead atoms. The van der Waals surface area contributed by atoms with Crippen molar-refractivity contribution in [3.8, 4) is 17.0 Å². The molecule has 36 heavy (non-hydrogen) atoms. The molecule has 10 nitrogen and oxygen atoms in total. The molecule has 1 amide bonds. The molecule has 0 atom stereocenters. The first-order valence-electron chi connectivity index (χ1n) is 12.0. The number of piperazine rings is 1. The number of carbonyl (C=O) groups excluding carboxylic acids is 1. The topological polar surface area (TPSA) is 94.9 Å². The molecule has 0 saturated carbocycles. The Morgan fingerprint density at radius 2 is 1.97 bits per heavy atom.